The standard InChI is InChI=1S/C14H18F4N2O/c1-10(20-8-6-19-7-9-20)11-2-4-12(5-3-11)21-14(17,18)13(15)16/h2-5,10,13,19H,6-9H2,1H3/t10-/m1/s1. The molecule has 0 bridgehead atoms. The molecule has 0 spiro atoms. The summed E-state index contributed by atoms with van der Waals surface area (Å²) in [7, 11) is 0. The fourth-order valence-electron chi connectivity index (χ4n) is 2.30. The first-order valence-corrected chi connectivity index (χ1v) is 6.80. The van der Waals surface area contributed by atoms with Crippen molar-refractivity contribution >= 4 is 0 Å². The first-order valence-electron chi connectivity index (χ1n) is 6.80. The van der Waals surface area contributed by atoms with E-state index in [-0.39, 0.29) is 11.8 Å². The van der Waals surface area contributed by atoms with Crippen LogP contribution in [0.3, 0.4) is 0 Å². The van der Waals surface area contributed by atoms with Gasteiger partial charge in [0.1, 0.15) is 5.75 Å². The van der Waals surface area contributed by atoms with Crippen LogP contribution >= 0.6 is 0 Å². The van der Waals surface area contributed by atoms with Crippen molar-refractivity contribution in [3.8, 4) is 5.75 Å². The van der Waals surface area contributed by atoms with E-state index in [1.165, 1.54) is 12.1 Å². The van der Waals surface area contributed by atoms with E-state index in [0.717, 1.165) is 31.7 Å². The van der Waals surface area contributed by atoms with Crippen molar-refractivity contribution in [3.05, 3.63) is 29.8 Å². The van der Waals surface area contributed by atoms with Crippen molar-refractivity contribution in [1.82, 2.24) is 10.2 Å². The number of halogens is 4. The largest absolute Gasteiger partial charge is 0.461 e. The van der Waals surface area contributed by atoms with Crippen LogP contribution in [0.4, 0.5) is 17.6 Å². The van der Waals surface area contributed by atoms with Gasteiger partial charge in [-0.05, 0) is 24.6 Å². The lowest BCUT2D eigenvalue weighted by molar-refractivity contribution is -0.253. The van der Waals surface area contributed by atoms with Crippen molar-refractivity contribution < 1.29 is 22.3 Å². The number of nitrogens with one attached hydrogen (secondary N) is 1. The van der Waals surface area contributed by atoms with Gasteiger partial charge in [-0.25, -0.2) is 0 Å². The fraction of sp³-hybridized carbons (Fsp3) is 0.571. The normalized spacial score (nSPS) is 18.8. The van der Waals surface area contributed by atoms with Crippen LogP contribution < -0.4 is 10.1 Å². The number of alkyl halides is 4. The van der Waals surface area contributed by atoms with Crippen LogP contribution in [0.25, 0.3) is 0 Å². The third kappa shape index (κ3) is 4.07. The third-order valence-corrected chi connectivity index (χ3v) is 3.57. The van der Waals surface area contributed by atoms with Gasteiger partial charge < -0.3 is 10.1 Å². The van der Waals surface area contributed by atoms with Gasteiger partial charge in [-0.3, -0.25) is 4.90 Å². The zero-order valence-corrected chi connectivity index (χ0v) is 11.7. The zero-order chi connectivity index (χ0) is 15.5. The number of nitrogens with zero attached hydrogens (tertiary/aromatic N) is 1. The average Bonchev–Trinajstić information content (AvgIpc) is 2.48. The molecule has 1 N–H and O–H groups in total. The molecule has 1 saturated heterocycles. The molecule has 1 aliphatic heterocycles. The summed E-state index contributed by atoms with van der Waals surface area (Å²) < 4.78 is 53.7. The Morgan fingerprint density at radius 2 is 1.71 bits per heavy atom. The molecule has 21 heavy (non-hydrogen) atoms. The maximum absolute atomic E-state index is 12.8. The number of piperazine rings is 1. The molecule has 1 heterocycles. The van der Waals surface area contributed by atoms with Gasteiger partial charge >= 0.3 is 12.5 Å². The van der Waals surface area contributed by atoms with Gasteiger partial charge in [0.05, 0.1) is 0 Å². The lowest BCUT2D eigenvalue weighted by Gasteiger charge is -2.33. The second-order valence-corrected chi connectivity index (χ2v) is 5.00. The van der Waals surface area contributed by atoms with Crippen molar-refractivity contribution in [2.24, 2.45) is 0 Å². The number of hydrogen-bond acceptors (Lipinski definition) is 3. The molecule has 2 rings (SSSR count). The summed E-state index contributed by atoms with van der Waals surface area (Å²) in [4.78, 5) is 2.26. The monoisotopic (exact) mass is 306 g/mol. The minimum absolute atomic E-state index is 0.136. The molecule has 0 radical (unpaired) electrons. The lowest BCUT2D eigenvalue weighted by Crippen LogP contribution is -2.44. The van der Waals surface area contributed by atoms with Crippen LogP contribution in [0.15, 0.2) is 24.3 Å². The number of benzene rings is 1. The molecule has 1 aliphatic rings. The van der Waals surface area contributed by atoms with E-state index in [0.29, 0.717) is 0 Å². The Morgan fingerprint density at radius 3 is 2.24 bits per heavy atom. The van der Waals surface area contributed by atoms with E-state index >= 15 is 0 Å². The van der Waals surface area contributed by atoms with Crippen molar-refractivity contribution in [1.29, 1.82) is 0 Å². The number of rotatable bonds is 5. The van der Waals surface area contributed by atoms with E-state index in [4.69, 9.17) is 0 Å². The second-order valence-electron chi connectivity index (χ2n) is 5.00. The van der Waals surface area contributed by atoms with Crippen LogP contribution in [-0.2, 0) is 0 Å². The van der Waals surface area contributed by atoms with Gasteiger partial charge in [0.15, 0.2) is 0 Å². The Kier molecular flexibility index (Phi) is 5.05. The predicted molar refractivity (Wildman–Crippen MR) is 70.9 cm³/mol. The molecule has 118 valence electrons. The van der Waals surface area contributed by atoms with Gasteiger partial charge in [-0.1, -0.05) is 12.1 Å². The molecule has 0 unspecified atom stereocenters. The molecule has 0 saturated carbocycles. The average molecular weight is 306 g/mol. The Morgan fingerprint density at radius 1 is 1.14 bits per heavy atom. The molecule has 1 aromatic rings. The van der Waals surface area contributed by atoms with E-state index in [1.807, 2.05) is 6.92 Å². The van der Waals surface area contributed by atoms with Crippen molar-refractivity contribution in [2.75, 3.05) is 26.2 Å². The molecule has 0 aliphatic carbocycles. The van der Waals surface area contributed by atoms with Crippen molar-refractivity contribution in [2.45, 2.75) is 25.5 Å². The summed E-state index contributed by atoms with van der Waals surface area (Å²) in [6.45, 7) is 5.65. The maximum atomic E-state index is 12.8. The number of hydrogen-bond donors (Lipinski definition) is 1. The lowest BCUT2D eigenvalue weighted by atomic mass is 10.1. The van der Waals surface area contributed by atoms with E-state index < -0.39 is 12.5 Å². The van der Waals surface area contributed by atoms with Crippen LogP contribution in [0.1, 0.15) is 18.5 Å². The maximum Gasteiger partial charge on any atom is 0.461 e. The van der Waals surface area contributed by atoms with Crippen LogP contribution in [0.5, 0.6) is 5.75 Å². The minimum Gasteiger partial charge on any atom is -0.428 e. The van der Waals surface area contributed by atoms with E-state index in [9.17, 15) is 17.6 Å². The van der Waals surface area contributed by atoms with Crippen LogP contribution in [-0.4, -0.2) is 43.6 Å². The Bertz CT molecular complexity index is 447. The Balaban J connectivity index is 2.01. The molecular formula is C14H18F4N2O. The summed E-state index contributed by atoms with van der Waals surface area (Å²) in [5.41, 5.74) is 0.935. The molecule has 7 heteroatoms. The quantitative estimate of drug-likeness (QED) is 0.847. The summed E-state index contributed by atoms with van der Waals surface area (Å²) in [5, 5.41) is 3.25. The van der Waals surface area contributed by atoms with Gasteiger partial charge in [-0.2, -0.15) is 17.6 Å². The number of ether oxygens (including phenoxy) is 1. The van der Waals surface area contributed by atoms with Gasteiger partial charge in [0, 0.05) is 32.2 Å². The van der Waals surface area contributed by atoms with Crippen molar-refractivity contribution in [3.63, 3.8) is 0 Å². The molecule has 1 atom stereocenters. The third-order valence-electron chi connectivity index (χ3n) is 3.57. The first kappa shape index (κ1) is 16.0. The van der Waals surface area contributed by atoms with E-state index in [2.05, 4.69) is 15.0 Å². The smallest absolute Gasteiger partial charge is 0.428 e. The highest BCUT2D eigenvalue weighted by molar-refractivity contribution is 5.29. The summed E-state index contributed by atoms with van der Waals surface area (Å²) >= 11 is 0. The fourth-order valence-corrected chi connectivity index (χ4v) is 2.30. The molecule has 1 aromatic carbocycles. The van der Waals surface area contributed by atoms with E-state index in [1.54, 1.807) is 12.1 Å². The van der Waals surface area contributed by atoms with Gasteiger partial charge in [0.2, 0.25) is 0 Å². The molecule has 0 aromatic heterocycles. The highest BCUT2D eigenvalue weighted by atomic mass is 19.3. The highest BCUT2D eigenvalue weighted by Gasteiger charge is 2.43. The zero-order valence-electron chi connectivity index (χ0n) is 11.7. The second kappa shape index (κ2) is 6.62. The topological polar surface area (TPSA) is 24.5 Å². The first-order chi connectivity index (χ1) is 9.90. The highest BCUT2D eigenvalue weighted by Crippen LogP contribution is 2.29. The Labute approximate surface area is 120 Å². The Hall–Kier alpha value is -1.34. The minimum atomic E-state index is -4.47. The molecular weight excluding hydrogens is 288 g/mol. The summed E-state index contributed by atoms with van der Waals surface area (Å²) in [5.74, 6) is -0.267. The van der Waals surface area contributed by atoms with Gasteiger partial charge in [0.25, 0.3) is 0 Å². The van der Waals surface area contributed by atoms with Gasteiger partial charge in [-0.15, -0.1) is 0 Å². The molecule has 3 nitrogen and oxygen atoms in total. The molecule has 0 amide bonds. The summed E-state index contributed by atoms with van der Waals surface area (Å²) in [6.07, 6.45) is -8.32. The van der Waals surface area contributed by atoms with Crippen LogP contribution in [0, 0.1) is 0 Å². The summed E-state index contributed by atoms with van der Waals surface area (Å²) in [6, 6.07) is 5.98. The molecule has 1 fully saturated rings. The predicted octanol–water partition coefficient (Wildman–Crippen LogP) is 2.89. The SMILES string of the molecule is C[C@H](c1ccc(OC(F)(F)C(F)F)cc1)N1CCNCC1. The van der Waals surface area contributed by atoms with Crippen LogP contribution in [0.2, 0.25) is 0 Å².